The van der Waals surface area contributed by atoms with Crippen molar-refractivity contribution in [1.29, 1.82) is 0 Å². The van der Waals surface area contributed by atoms with Crippen LogP contribution in [-0.2, 0) is 11.3 Å². The maximum Gasteiger partial charge on any atom is 0.260 e. The van der Waals surface area contributed by atoms with Crippen LogP contribution in [0.5, 0.6) is 0 Å². The molecule has 1 fully saturated rings. The van der Waals surface area contributed by atoms with Crippen LogP contribution in [0.4, 0.5) is 5.95 Å². The van der Waals surface area contributed by atoms with Crippen molar-refractivity contribution < 1.29 is 4.74 Å². The molecule has 0 saturated carbocycles. The number of hydrogen-bond acceptors (Lipinski definition) is 8. The molecule has 1 aromatic carbocycles. The highest BCUT2D eigenvalue weighted by atomic mass is 35.5. The number of thiazole rings is 1. The van der Waals surface area contributed by atoms with Gasteiger partial charge in [-0.1, -0.05) is 23.7 Å². The number of nitrogens with zero attached hydrogens (tertiary/aromatic N) is 4. The van der Waals surface area contributed by atoms with Gasteiger partial charge >= 0.3 is 0 Å². The second-order valence-corrected chi connectivity index (χ2v) is 9.31. The van der Waals surface area contributed by atoms with Crippen LogP contribution < -0.4 is 16.2 Å². The molecule has 0 radical (unpaired) electrons. The summed E-state index contributed by atoms with van der Waals surface area (Å²) in [6.07, 6.45) is 1.59. The monoisotopic (exact) mass is 482 g/mol. The Morgan fingerprint density at radius 1 is 1.30 bits per heavy atom. The zero-order valence-electron chi connectivity index (χ0n) is 18.3. The largest absolute Gasteiger partial charge is 0.374 e. The topological polar surface area (TPSA) is 94.0 Å². The van der Waals surface area contributed by atoms with Gasteiger partial charge in [0, 0.05) is 58.8 Å². The highest BCUT2D eigenvalue weighted by molar-refractivity contribution is 7.09. The lowest BCUT2D eigenvalue weighted by molar-refractivity contribution is 0.0183. The summed E-state index contributed by atoms with van der Waals surface area (Å²) in [6, 6.07) is 7.48. The van der Waals surface area contributed by atoms with Crippen molar-refractivity contribution >= 4 is 39.9 Å². The number of benzene rings is 1. The van der Waals surface area contributed by atoms with Gasteiger partial charge in [-0.3, -0.25) is 9.36 Å². The van der Waals surface area contributed by atoms with E-state index in [0.29, 0.717) is 47.4 Å². The van der Waals surface area contributed by atoms with Gasteiger partial charge < -0.3 is 15.4 Å². The average molecular weight is 483 g/mol. The van der Waals surface area contributed by atoms with E-state index in [9.17, 15) is 4.79 Å². The number of hydrogen-bond donors (Lipinski definition) is 2. The van der Waals surface area contributed by atoms with Gasteiger partial charge in [-0.05, 0) is 19.1 Å². The average Bonchev–Trinajstić information content (AvgIpc) is 3.27. The fraction of sp³-hybridized carbons (Fsp3) is 0.304. The van der Waals surface area contributed by atoms with Gasteiger partial charge in [0.15, 0.2) is 0 Å². The molecule has 8 nitrogen and oxygen atoms in total. The number of ether oxygens (including phenoxy) is 1. The molecule has 3 aromatic heterocycles. The van der Waals surface area contributed by atoms with Gasteiger partial charge in [0.05, 0.1) is 30.0 Å². The molecule has 2 N–H and O–H groups in total. The lowest BCUT2D eigenvalue weighted by Gasteiger charge is -2.25. The summed E-state index contributed by atoms with van der Waals surface area (Å²) in [5.74, 6) is 0.451. The van der Waals surface area contributed by atoms with E-state index in [-0.39, 0.29) is 11.7 Å². The zero-order chi connectivity index (χ0) is 22.9. The molecule has 170 valence electrons. The number of fused-ring (bicyclic) bond motifs is 1. The van der Waals surface area contributed by atoms with Gasteiger partial charge in [-0.15, -0.1) is 11.3 Å². The highest BCUT2D eigenvalue weighted by Crippen LogP contribution is 2.32. The Bertz CT molecular complexity index is 1380. The second kappa shape index (κ2) is 9.18. The van der Waals surface area contributed by atoms with Gasteiger partial charge in [0.1, 0.15) is 5.65 Å². The van der Waals surface area contributed by atoms with Crippen molar-refractivity contribution in [1.82, 2.24) is 24.8 Å². The minimum Gasteiger partial charge on any atom is -0.374 e. The molecule has 5 rings (SSSR count). The summed E-state index contributed by atoms with van der Waals surface area (Å²) >= 11 is 8.27. The predicted octanol–water partition coefficient (Wildman–Crippen LogP) is 3.57. The molecule has 0 bridgehead atoms. The summed E-state index contributed by atoms with van der Waals surface area (Å²) in [7, 11) is 1.75. The van der Waals surface area contributed by atoms with Crippen LogP contribution in [-0.4, -0.2) is 52.4 Å². The van der Waals surface area contributed by atoms with Gasteiger partial charge in [0.25, 0.3) is 5.56 Å². The van der Waals surface area contributed by atoms with Gasteiger partial charge in [-0.2, -0.15) is 4.98 Å². The molecule has 1 aliphatic heterocycles. The van der Waals surface area contributed by atoms with E-state index in [1.807, 2.05) is 36.6 Å². The molecule has 4 aromatic rings. The molecule has 1 atom stereocenters. The number of rotatable bonds is 5. The number of pyridine rings is 1. The van der Waals surface area contributed by atoms with Crippen LogP contribution >= 0.6 is 22.9 Å². The van der Waals surface area contributed by atoms with E-state index in [2.05, 4.69) is 25.6 Å². The van der Waals surface area contributed by atoms with Crippen LogP contribution in [0.15, 0.2) is 40.6 Å². The molecule has 0 spiro atoms. The van der Waals surface area contributed by atoms with Crippen LogP contribution in [0.1, 0.15) is 5.01 Å². The fourth-order valence-corrected chi connectivity index (χ4v) is 4.88. The fourth-order valence-electron chi connectivity index (χ4n) is 3.97. The first-order valence-corrected chi connectivity index (χ1v) is 11.9. The summed E-state index contributed by atoms with van der Waals surface area (Å²) in [5, 5.41) is 10.5. The summed E-state index contributed by atoms with van der Waals surface area (Å²) < 4.78 is 7.53. The van der Waals surface area contributed by atoms with E-state index in [1.54, 1.807) is 29.1 Å². The Balaban J connectivity index is 1.63. The van der Waals surface area contributed by atoms with Crippen molar-refractivity contribution in [2.45, 2.75) is 19.6 Å². The van der Waals surface area contributed by atoms with E-state index >= 15 is 0 Å². The quantitative estimate of drug-likeness (QED) is 0.449. The molecule has 1 aliphatic rings. The highest BCUT2D eigenvalue weighted by Gasteiger charge is 2.20. The molecule has 33 heavy (non-hydrogen) atoms. The number of aromatic nitrogens is 4. The van der Waals surface area contributed by atoms with Crippen molar-refractivity contribution in [2.75, 3.05) is 32.1 Å². The Labute approximate surface area is 199 Å². The number of nitrogens with one attached hydrogen (secondary N) is 2. The Kier molecular flexibility index (Phi) is 6.11. The first-order chi connectivity index (χ1) is 16.0. The summed E-state index contributed by atoms with van der Waals surface area (Å²) in [5.41, 5.74) is 3.33. The summed E-state index contributed by atoms with van der Waals surface area (Å²) in [4.78, 5) is 27.1. The molecule has 1 saturated heterocycles. The minimum absolute atomic E-state index is 0.131. The normalized spacial score (nSPS) is 16.3. The van der Waals surface area contributed by atoms with Crippen molar-refractivity contribution in [2.24, 2.45) is 0 Å². The second-order valence-electron chi connectivity index (χ2n) is 7.84. The molecule has 0 aliphatic carbocycles. The van der Waals surface area contributed by atoms with Crippen molar-refractivity contribution in [3.63, 3.8) is 0 Å². The third-order valence-electron chi connectivity index (χ3n) is 5.62. The Morgan fingerprint density at radius 2 is 2.18 bits per heavy atom. The van der Waals surface area contributed by atoms with E-state index < -0.39 is 0 Å². The van der Waals surface area contributed by atoms with Gasteiger partial charge in [0.2, 0.25) is 5.95 Å². The lowest BCUT2D eigenvalue weighted by atomic mass is 10.0. The maximum absolute atomic E-state index is 13.7. The number of morpholine rings is 1. The van der Waals surface area contributed by atoms with Crippen LogP contribution in [0.25, 0.3) is 33.4 Å². The summed E-state index contributed by atoms with van der Waals surface area (Å²) in [6.45, 7) is 4.43. The number of aryl methyl sites for hydroxylation is 1. The number of anilines is 1. The van der Waals surface area contributed by atoms with E-state index in [1.165, 1.54) is 0 Å². The maximum atomic E-state index is 13.7. The third kappa shape index (κ3) is 4.37. The predicted molar refractivity (Wildman–Crippen MR) is 132 cm³/mol. The van der Waals surface area contributed by atoms with Crippen molar-refractivity contribution in [3.8, 4) is 22.4 Å². The Morgan fingerprint density at radius 3 is 2.88 bits per heavy atom. The zero-order valence-corrected chi connectivity index (χ0v) is 19.8. The molecule has 4 heterocycles. The van der Waals surface area contributed by atoms with Crippen molar-refractivity contribution in [3.05, 3.63) is 56.2 Å². The SMILES string of the molecule is CNc1ncc2cc(-c3ccc(-c4csc(C)n4)cc3Cl)c(=O)n(C[C@@H]3CNCCO3)c2n1. The van der Waals surface area contributed by atoms with Crippen LogP contribution in [0.3, 0.4) is 0 Å². The molecular weight excluding hydrogens is 460 g/mol. The molecular formula is C23H23ClN6O2S. The van der Waals surface area contributed by atoms with E-state index in [4.69, 9.17) is 16.3 Å². The third-order valence-corrected chi connectivity index (χ3v) is 6.70. The van der Waals surface area contributed by atoms with Gasteiger partial charge in [-0.25, -0.2) is 9.97 Å². The molecule has 0 amide bonds. The van der Waals surface area contributed by atoms with E-state index in [0.717, 1.165) is 28.2 Å². The smallest absolute Gasteiger partial charge is 0.260 e. The standard InChI is InChI=1S/C23H23ClN6O2S/c1-13-28-20(12-33-13)14-3-4-17(19(24)8-14)18-7-15-9-27-23(25-2)29-21(15)30(22(18)31)11-16-10-26-5-6-32-16/h3-4,7-9,12,16,26H,5-6,10-11H2,1-2H3,(H,25,27,29)/t16-/m0/s1. The first kappa shape index (κ1) is 22.0. The molecule has 0 unspecified atom stereocenters. The molecule has 10 heteroatoms. The van der Waals surface area contributed by atoms with Crippen LogP contribution in [0.2, 0.25) is 5.02 Å². The first-order valence-electron chi connectivity index (χ1n) is 10.7. The minimum atomic E-state index is -0.170. The number of halogens is 1. The lowest BCUT2D eigenvalue weighted by Crippen LogP contribution is -2.42. The van der Waals surface area contributed by atoms with Crippen LogP contribution in [0, 0.1) is 6.92 Å². The Hall–Kier alpha value is -2.85.